The zero-order valence-electron chi connectivity index (χ0n) is 14.6. The van der Waals surface area contributed by atoms with Gasteiger partial charge in [-0.25, -0.2) is 0 Å². The summed E-state index contributed by atoms with van der Waals surface area (Å²) in [7, 11) is 0. The number of ether oxygens (including phenoxy) is 2. The lowest BCUT2D eigenvalue weighted by Gasteiger charge is -2.46. The van der Waals surface area contributed by atoms with Gasteiger partial charge in [0, 0.05) is 5.41 Å². The molecule has 0 aromatic carbocycles. The molecule has 0 spiro atoms. The van der Waals surface area contributed by atoms with E-state index in [1.807, 2.05) is 25.3 Å². The fourth-order valence-electron chi connectivity index (χ4n) is 5.49. The van der Waals surface area contributed by atoms with Gasteiger partial charge in [-0.3, -0.25) is 0 Å². The van der Waals surface area contributed by atoms with E-state index in [2.05, 4.69) is 18.7 Å². The van der Waals surface area contributed by atoms with Crippen LogP contribution >= 0.6 is 0 Å². The highest BCUT2D eigenvalue weighted by atomic mass is 16.5. The summed E-state index contributed by atoms with van der Waals surface area (Å²) >= 11 is 0. The molecule has 0 aromatic heterocycles. The van der Waals surface area contributed by atoms with E-state index in [9.17, 15) is 0 Å². The van der Waals surface area contributed by atoms with E-state index in [0.29, 0.717) is 12.5 Å². The topological polar surface area (TPSA) is 18.5 Å². The van der Waals surface area contributed by atoms with Crippen LogP contribution < -0.4 is 0 Å². The molecule has 3 rings (SSSR count). The zero-order valence-corrected chi connectivity index (χ0v) is 14.6. The van der Waals surface area contributed by atoms with Crippen molar-refractivity contribution in [2.45, 2.75) is 45.4 Å². The predicted octanol–water partition coefficient (Wildman–Crippen LogP) is 5.13. The van der Waals surface area contributed by atoms with Crippen LogP contribution in [-0.2, 0) is 9.47 Å². The summed E-state index contributed by atoms with van der Waals surface area (Å²) in [4.78, 5) is 0. The van der Waals surface area contributed by atoms with E-state index in [1.54, 1.807) is 0 Å². The molecule has 4 atom stereocenters. The highest BCUT2D eigenvalue weighted by Crippen LogP contribution is 2.60. The second-order valence-corrected chi connectivity index (χ2v) is 7.63. The van der Waals surface area contributed by atoms with Crippen LogP contribution in [0.4, 0.5) is 0 Å². The molecule has 2 bridgehead atoms. The Hall–Kier alpha value is -1.02. The van der Waals surface area contributed by atoms with Gasteiger partial charge in [-0.15, -0.1) is 6.58 Å². The van der Waals surface area contributed by atoms with Gasteiger partial charge in [0.2, 0.25) is 0 Å². The Morgan fingerprint density at radius 2 is 2.00 bits per heavy atom. The molecule has 0 aliphatic heterocycles. The molecule has 3 aliphatic carbocycles. The van der Waals surface area contributed by atoms with Gasteiger partial charge in [-0.2, -0.15) is 0 Å². The summed E-state index contributed by atoms with van der Waals surface area (Å²) in [6.45, 7) is 8.06. The number of hydrogen-bond donors (Lipinski definition) is 0. The molecule has 0 radical (unpaired) electrons. The molecule has 2 nitrogen and oxygen atoms in total. The van der Waals surface area contributed by atoms with Gasteiger partial charge in [-0.05, 0) is 37.0 Å². The fraction of sp³-hybridized carbons (Fsp3) is 0.714. The molecule has 128 valence electrons. The van der Waals surface area contributed by atoms with E-state index in [1.165, 1.54) is 38.5 Å². The van der Waals surface area contributed by atoms with Gasteiger partial charge >= 0.3 is 0 Å². The second kappa shape index (κ2) is 7.70. The first kappa shape index (κ1) is 16.8. The highest BCUT2D eigenvalue weighted by Gasteiger charge is 2.58. The first-order valence-electron chi connectivity index (χ1n) is 9.41. The Morgan fingerprint density at radius 3 is 2.74 bits per heavy atom. The molecular formula is C21H32O2. The van der Waals surface area contributed by atoms with Gasteiger partial charge in [-0.1, -0.05) is 56.4 Å². The molecule has 0 aromatic rings. The van der Waals surface area contributed by atoms with Crippen LogP contribution in [-0.4, -0.2) is 19.8 Å². The molecule has 0 N–H and O–H groups in total. The SMILES string of the molecule is C=CCOCC1(COC=CC)C2C=CC(C2)C1C1CCCCC1. The largest absolute Gasteiger partial charge is 0.501 e. The summed E-state index contributed by atoms with van der Waals surface area (Å²) in [5, 5.41) is 0. The van der Waals surface area contributed by atoms with Gasteiger partial charge in [0.15, 0.2) is 0 Å². The molecule has 4 unspecified atom stereocenters. The van der Waals surface area contributed by atoms with E-state index in [4.69, 9.17) is 9.47 Å². The van der Waals surface area contributed by atoms with Crippen molar-refractivity contribution in [1.29, 1.82) is 0 Å². The molecule has 0 saturated heterocycles. The summed E-state index contributed by atoms with van der Waals surface area (Å²) < 4.78 is 12.0. The van der Waals surface area contributed by atoms with E-state index in [0.717, 1.165) is 31.0 Å². The van der Waals surface area contributed by atoms with Crippen molar-refractivity contribution in [3.8, 4) is 0 Å². The van der Waals surface area contributed by atoms with Crippen molar-refractivity contribution in [3.05, 3.63) is 37.1 Å². The maximum Gasteiger partial charge on any atom is 0.0960 e. The van der Waals surface area contributed by atoms with Gasteiger partial charge in [0.1, 0.15) is 0 Å². The van der Waals surface area contributed by atoms with Gasteiger partial charge in [0.05, 0.1) is 26.1 Å². The summed E-state index contributed by atoms with van der Waals surface area (Å²) in [5.74, 6) is 2.94. The van der Waals surface area contributed by atoms with Crippen molar-refractivity contribution < 1.29 is 9.47 Å². The number of rotatable bonds is 8. The Balaban J connectivity index is 1.82. The summed E-state index contributed by atoms with van der Waals surface area (Å²) in [5.41, 5.74) is 0.157. The molecule has 2 fully saturated rings. The van der Waals surface area contributed by atoms with Crippen LogP contribution in [0.15, 0.2) is 37.1 Å². The third-order valence-electron chi connectivity index (χ3n) is 6.33. The Bertz CT molecular complexity index is 447. The third-order valence-corrected chi connectivity index (χ3v) is 6.33. The Kier molecular flexibility index (Phi) is 5.63. The number of allylic oxidation sites excluding steroid dienone is 3. The molecule has 2 heteroatoms. The number of fused-ring (bicyclic) bond motifs is 2. The molecule has 2 saturated carbocycles. The van der Waals surface area contributed by atoms with Crippen molar-refractivity contribution in [3.63, 3.8) is 0 Å². The fourth-order valence-corrected chi connectivity index (χ4v) is 5.49. The zero-order chi connectivity index (χ0) is 16.1. The van der Waals surface area contributed by atoms with Crippen LogP contribution in [0.3, 0.4) is 0 Å². The van der Waals surface area contributed by atoms with Crippen molar-refractivity contribution in [2.75, 3.05) is 19.8 Å². The Morgan fingerprint density at radius 1 is 1.17 bits per heavy atom. The molecule has 23 heavy (non-hydrogen) atoms. The lowest BCUT2D eigenvalue weighted by atomic mass is 9.61. The lowest BCUT2D eigenvalue weighted by Crippen LogP contribution is -2.46. The van der Waals surface area contributed by atoms with Gasteiger partial charge < -0.3 is 9.47 Å². The average Bonchev–Trinajstić information content (AvgIpc) is 3.16. The maximum absolute atomic E-state index is 6.02. The second-order valence-electron chi connectivity index (χ2n) is 7.63. The van der Waals surface area contributed by atoms with Crippen molar-refractivity contribution in [1.82, 2.24) is 0 Å². The highest BCUT2D eigenvalue weighted by molar-refractivity contribution is 5.20. The van der Waals surface area contributed by atoms with E-state index >= 15 is 0 Å². The monoisotopic (exact) mass is 316 g/mol. The first-order valence-corrected chi connectivity index (χ1v) is 9.41. The first-order chi connectivity index (χ1) is 11.3. The predicted molar refractivity (Wildman–Crippen MR) is 95.0 cm³/mol. The standard InChI is InChI=1S/C21H32O2/c1-3-12-22-15-21(16-23-13-4-2)19-11-10-18(14-19)20(21)17-8-6-5-7-9-17/h3-4,10-11,13,17-20H,1,5-9,12,14-16H2,2H3. The molecule has 3 aliphatic rings. The summed E-state index contributed by atoms with van der Waals surface area (Å²) in [6.07, 6.45) is 19.0. The number of hydrogen-bond acceptors (Lipinski definition) is 2. The Labute approximate surface area is 141 Å². The molecule has 0 amide bonds. The minimum atomic E-state index is 0.157. The van der Waals surface area contributed by atoms with Crippen molar-refractivity contribution in [2.24, 2.45) is 29.1 Å². The van der Waals surface area contributed by atoms with Crippen molar-refractivity contribution >= 4 is 0 Å². The molecule has 0 heterocycles. The minimum absolute atomic E-state index is 0.157. The van der Waals surface area contributed by atoms with Crippen LogP contribution in [0, 0.1) is 29.1 Å². The van der Waals surface area contributed by atoms with Crippen LogP contribution in [0.5, 0.6) is 0 Å². The third kappa shape index (κ3) is 3.28. The minimum Gasteiger partial charge on any atom is -0.501 e. The summed E-state index contributed by atoms with van der Waals surface area (Å²) in [6, 6.07) is 0. The maximum atomic E-state index is 6.02. The van der Waals surface area contributed by atoms with Crippen LogP contribution in [0.1, 0.15) is 45.4 Å². The smallest absolute Gasteiger partial charge is 0.0960 e. The quantitative estimate of drug-likeness (QED) is 0.351. The van der Waals surface area contributed by atoms with Crippen LogP contribution in [0.25, 0.3) is 0 Å². The normalized spacial score (nSPS) is 36.8. The van der Waals surface area contributed by atoms with E-state index in [-0.39, 0.29) is 5.41 Å². The lowest BCUT2D eigenvalue weighted by molar-refractivity contribution is -0.0599. The van der Waals surface area contributed by atoms with E-state index < -0.39 is 0 Å². The molecular weight excluding hydrogens is 284 g/mol. The van der Waals surface area contributed by atoms with Crippen LogP contribution in [0.2, 0.25) is 0 Å². The van der Waals surface area contributed by atoms with Gasteiger partial charge in [0.25, 0.3) is 0 Å². The average molecular weight is 316 g/mol.